The first-order chi connectivity index (χ1) is 11.4. The summed E-state index contributed by atoms with van der Waals surface area (Å²) in [5.41, 5.74) is 2.31. The van der Waals surface area contributed by atoms with Gasteiger partial charge in [-0.1, -0.05) is 0 Å². The molecule has 0 saturated carbocycles. The van der Waals surface area contributed by atoms with Gasteiger partial charge in [-0.05, 0) is 43.5 Å². The molecule has 1 amide bonds. The molecule has 0 radical (unpaired) electrons. The molecule has 0 aliphatic carbocycles. The van der Waals surface area contributed by atoms with Crippen molar-refractivity contribution in [3.63, 3.8) is 0 Å². The maximum Gasteiger partial charge on any atom is 0.240 e. The highest BCUT2D eigenvalue weighted by molar-refractivity contribution is 7.89. The molecule has 0 saturated heterocycles. The van der Waals surface area contributed by atoms with Gasteiger partial charge in [0.15, 0.2) is 6.39 Å². The normalized spacial score (nSPS) is 14.5. The molecule has 0 atom stereocenters. The largest absolute Gasteiger partial charge is 0.447 e. The number of rotatable bonds is 4. The molecule has 128 valence electrons. The molecule has 0 fully saturated rings. The van der Waals surface area contributed by atoms with Gasteiger partial charge in [-0.15, -0.1) is 0 Å². The number of nitrogens with one attached hydrogen (secondary N) is 1. The average molecular weight is 349 g/mol. The lowest BCUT2D eigenvalue weighted by molar-refractivity contribution is -0.116. The summed E-state index contributed by atoms with van der Waals surface area (Å²) in [7, 11) is -3.67. The molecule has 1 aliphatic heterocycles. The summed E-state index contributed by atoms with van der Waals surface area (Å²) in [4.78, 5) is 17.5. The minimum atomic E-state index is -3.67. The molecule has 7 nitrogen and oxygen atoms in total. The molecular weight excluding hydrogens is 330 g/mol. The van der Waals surface area contributed by atoms with Crippen LogP contribution in [0.3, 0.4) is 0 Å². The van der Waals surface area contributed by atoms with Crippen LogP contribution >= 0.6 is 0 Å². The molecule has 2 aromatic rings. The van der Waals surface area contributed by atoms with E-state index in [1.165, 1.54) is 19.4 Å². The molecule has 3 rings (SSSR count). The number of carbonyl (C=O) groups excluding carboxylic acids is 1. The van der Waals surface area contributed by atoms with Crippen LogP contribution in [-0.4, -0.2) is 25.9 Å². The van der Waals surface area contributed by atoms with Gasteiger partial charge in [-0.2, -0.15) is 0 Å². The van der Waals surface area contributed by atoms with Gasteiger partial charge in [-0.25, -0.2) is 18.1 Å². The van der Waals surface area contributed by atoms with Crippen molar-refractivity contribution in [1.29, 1.82) is 0 Å². The Morgan fingerprint density at radius 1 is 1.42 bits per heavy atom. The van der Waals surface area contributed by atoms with Crippen molar-refractivity contribution in [1.82, 2.24) is 9.71 Å². The third kappa shape index (κ3) is 3.20. The minimum Gasteiger partial charge on any atom is -0.447 e. The van der Waals surface area contributed by atoms with Crippen LogP contribution in [0, 0.1) is 6.92 Å². The van der Waals surface area contributed by atoms with Crippen LogP contribution in [-0.2, 0) is 27.8 Å². The molecule has 0 bridgehead atoms. The minimum absolute atomic E-state index is 0.0366. The highest BCUT2D eigenvalue weighted by Crippen LogP contribution is 2.29. The Kier molecular flexibility index (Phi) is 4.42. The molecular formula is C16H19N3O4S. The van der Waals surface area contributed by atoms with Crippen LogP contribution in [0.2, 0.25) is 0 Å². The molecule has 1 aromatic carbocycles. The fraction of sp³-hybridized carbons (Fsp3) is 0.375. The van der Waals surface area contributed by atoms with Gasteiger partial charge in [-0.3, -0.25) is 4.79 Å². The molecule has 0 spiro atoms. The van der Waals surface area contributed by atoms with Gasteiger partial charge in [0.05, 0.1) is 17.1 Å². The Hall–Kier alpha value is -2.19. The Bertz CT molecular complexity index is 873. The fourth-order valence-electron chi connectivity index (χ4n) is 2.81. The van der Waals surface area contributed by atoms with Crippen molar-refractivity contribution in [3.8, 4) is 0 Å². The number of fused-ring (bicyclic) bond motifs is 1. The van der Waals surface area contributed by atoms with Crippen LogP contribution in [0.4, 0.5) is 5.69 Å². The fourth-order valence-corrected chi connectivity index (χ4v) is 3.84. The zero-order valence-electron chi connectivity index (χ0n) is 13.6. The first-order valence-corrected chi connectivity index (χ1v) is 9.16. The smallest absolute Gasteiger partial charge is 0.240 e. The van der Waals surface area contributed by atoms with Crippen molar-refractivity contribution >= 4 is 21.6 Å². The number of hydrogen-bond donors (Lipinski definition) is 1. The SMILES string of the molecule is CC(=O)N1CCCc2cc(S(=O)(=O)NCc3ocnc3C)ccc21. The lowest BCUT2D eigenvalue weighted by Gasteiger charge is -2.28. The highest BCUT2D eigenvalue weighted by atomic mass is 32.2. The van der Waals surface area contributed by atoms with Crippen molar-refractivity contribution in [2.24, 2.45) is 0 Å². The van der Waals surface area contributed by atoms with Crippen molar-refractivity contribution in [2.75, 3.05) is 11.4 Å². The first kappa shape index (κ1) is 16.7. The number of amides is 1. The third-order valence-corrected chi connectivity index (χ3v) is 5.53. The number of nitrogens with zero attached hydrogens (tertiary/aromatic N) is 2. The summed E-state index contributed by atoms with van der Waals surface area (Å²) in [5, 5.41) is 0. The van der Waals surface area contributed by atoms with Gasteiger partial charge in [0.1, 0.15) is 5.76 Å². The summed E-state index contributed by atoms with van der Waals surface area (Å²) in [6.45, 7) is 3.98. The van der Waals surface area contributed by atoms with Crippen LogP contribution < -0.4 is 9.62 Å². The van der Waals surface area contributed by atoms with E-state index in [2.05, 4.69) is 9.71 Å². The Morgan fingerprint density at radius 3 is 2.88 bits per heavy atom. The van der Waals surface area contributed by atoms with E-state index in [4.69, 9.17) is 4.42 Å². The summed E-state index contributed by atoms with van der Waals surface area (Å²) < 4.78 is 32.6. The van der Waals surface area contributed by atoms with E-state index in [9.17, 15) is 13.2 Å². The van der Waals surface area contributed by atoms with Crippen LogP contribution in [0.25, 0.3) is 0 Å². The van der Waals surface area contributed by atoms with E-state index in [1.807, 2.05) is 0 Å². The Morgan fingerprint density at radius 2 is 2.21 bits per heavy atom. The summed E-state index contributed by atoms with van der Waals surface area (Å²) in [6, 6.07) is 4.86. The maximum atomic E-state index is 12.5. The third-order valence-electron chi connectivity index (χ3n) is 4.13. The van der Waals surface area contributed by atoms with E-state index < -0.39 is 10.0 Å². The number of aromatic nitrogens is 1. The topological polar surface area (TPSA) is 92.5 Å². The zero-order valence-corrected chi connectivity index (χ0v) is 14.4. The molecule has 24 heavy (non-hydrogen) atoms. The van der Waals surface area contributed by atoms with E-state index in [1.54, 1.807) is 24.0 Å². The molecule has 1 aromatic heterocycles. The zero-order chi connectivity index (χ0) is 17.3. The highest BCUT2D eigenvalue weighted by Gasteiger charge is 2.23. The van der Waals surface area contributed by atoms with Crippen LogP contribution in [0.1, 0.15) is 30.4 Å². The van der Waals surface area contributed by atoms with Crippen molar-refractivity contribution < 1.29 is 17.6 Å². The first-order valence-electron chi connectivity index (χ1n) is 7.68. The second-order valence-electron chi connectivity index (χ2n) is 5.75. The number of anilines is 1. The predicted octanol–water partition coefficient (Wildman–Crippen LogP) is 1.76. The van der Waals surface area contributed by atoms with Gasteiger partial charge in [0.25, 0.3) is 0 Å². The van der Waals surface area contributed by atoms with Crippen molar-refractivity contribution in [2.45, 2.75) is 38.1 Å². The number of benzene rings is 1. The number of sulfonamides is 1. The second-order valence-corrected chi connectivity index (χ2v) is 7.52. The predicted molar refractivity (Wildman–Crippen MR) is 88.1 cm³/mol. The molecule has 0 unspecified atom stereocenters. The Balaban J connectivity index is 1.84. The number of oxazole rings is 1. The van der Waals surface area contributed by atoms with E-state index >= 15 is 0 Å². The molecule has 2 heterocycles. The maximum absolute atomic E-state index is 12.5. The number of hydrogen-bond acceptors (Lipinski definition) is 5. The lowest BCUT2D eigenvalue weighted by Crippen LogP contribution is -2.33. The van der Waals surface area contributed by atoms with Crippen LogP contribution in [0.15, 0.2) is 33.9 Å². The van der Waals surface area contributed by atoms with Gasteiger partial charge in [0.2, 0.25) is 15.9 Å². The standard InChI is InChI=1S/C16H19N3O4S/c1-11-16(23-10-17-11)9-18-24(21,22)14-5-6-15-13(8-14)4-3-7-19(15)12(2)20/h5-6,8,10,18H,3-4,7,9H2,1-2H3. The average Bonchev–Trinajstić information content (AvgIpc) is 2.97. The quantitative estimate of drug-likeness (QED) is 0.908. The summed E-state index contributed by atoms with van der Waals surface area (Å²) >= 11 is 0. The van der Waals surface area contributed by atoms with E-state index in [0.29, 0.717) is 18.0 Å². The number of aryl methyl sites for hydroxylation is 2. The lowest BCUT2D eigenvalue weighted by atomic mass is 10.0. The monoisotopic (exact) mass is 349 g/mol. The Labute approximate surface area is 140 Å². The van der Waals surface area contributed by atoms with Gasteiger partial charge in [0, 0.05) is 19.2 Å². The van der Waals surface area contributed by atoms with E-state index in [0.717, 1.165) is 24.1 Å². The molecule has 1 aliphatic rings. The molecule has 1 N–H and O–H groups in total. The van der Waals surface area contributed by atoms with Gasteiger partial charge < -0.3 is 9.32 Å². The van der Waals surface area contributed by atoms with Crippen LogP contribution in [0.5, 0.6) is 0 Å². The summed E-state index contributed by atoms with van der Waals surface area (Å²) in [5.74, 6) is 0.449. The van der Waals surface area contributed by atoms with Gasteiger partial charge >= 0.3 is 0 Å². The molecule has 8 heteroatoms. The second kappa shape index (κ2) is 6.37. The van der Waals surface area contributed by atoms with E-state index in [-0.39, 0.29) is 17.3 Å². The summed E-state index contributed by atoms with van der Waals surface area (Å²) in [6.07, 6.45) is 2.86. The number of carbonyl (C=O) groups is 1. The van der Waals surface area contributed by atoms with Crippen molar-refractivity contribution in [3.05, 3.63) is 41.6 Å².